The molecule has 0 aromatic carbocycles. The van der Waals surface area contributed by atoms with Gasteiger partial charge in [0, 0.05) is 17.9 Å². The van der Waals surface area contributed by atoms with Crippen molar-refractivity contribution in [2.24, 2.45) is 5.92 Å². The molecule has 1 aliphatic rings. The monoisotopic (exact) mass is 282 g/mol. The predicted molar refractivity (Wildman–Crippen MR) is 90.8 cm³/mol. The highest BCUT2D eigenvalue weighted by atomic mass is 16.1. The normalized spacial score (nSPS) is 18.5. The maximum Gasteiger partial charge on any atom is 0.132 e. The summed E-state index contributed by atoms with van der Waals surface area (Å²) >= 11 is 0. The van der Waals surface area contributed by atoms with Crippen LogP contribution in [0.15, 0.2) is 46.6 Å². The Balaban J connectivity index is 2.97. The van der Waals surface area contributed by atoms with Gasteiger partial charge in [-0.05, 0) is 50.8 Å². The smallest absolute Gasteiger partial charge is 0.132 e. The van der Waals surface area contributed by atoms with E-state index in [0.717, 1.165) is 24.8 Å². The molecule has 0 bridgehead atoms. The van der Waals surface area contributed by atoms with Gasteiger partial charge in [0.1, 0.15) is 5.78 Å². The largest absolute Gasteiger partial charge is 0.300 e. The molecule has 21 heavy (non-hydrogen) atoms. The van der Waals surface area contributed by atoms with Gasteiger partial charge in [0.2, 0.25) is 0 Å². The van der Waals surface area contributed by atoms with E-state index in [1.165, 1.54) is 16.7 Å². The standard InChI is InChI=1S/C20H26O/c1-6-8-9-18(7-2)13-20-11-15(3)10-19(14-20)12-16(4)17(5)21/h7,10,13-14,16H,6,11-12H2,1-5H3/b18-7-,20-13+. The Kier molecular flexibility index (Phi) is 6.96. The summed E-state index contributed by atoms with van der Waals surface area (Å²) in [5.41, 5.74) is 4.93. The first-order valence-electron chi connectivity index (χ1n) is 7.70. The van der Waals surface area contributed by atoms with E-state index in [9.17, 15) is 4.79 Å². The van der Waals surface area contributed by atoms with Crippen LogP contribution in [0.4, 0.5) is 0 Å². The zero-order valence-corrected chi connectivity index (χ0v) is 13.9. The molecule has 0 spiro atoms. The minimum atomic E-state index is 0.0840. The molecule has 0 radical (unpaired) electrons. The number of rotatable bonds is 4. The Morgan fingerprint density at radius 3 is 2.71 bits per heavy atom. The van der Waals surface area contributed by atoms with E-state index >= 15 is 0 Å². The quantitative estimate of drug-likeness (QED) is 0.651. The first-order valence-corrected chi connectivity index (χ1v) is 7.70. The maximum absolute atomic E-state index is 11.4. The third-order valence-corrected chi connectivity index (χ3v) is 3.58. The lowest BCUT2D eigenvalue weighted by molar-refractivity contribution is -0.120. The van der Waals surface area contributed by atoms with E-state index in [-0.39, 0.29) is 11.7 Å². The molecule has 1 rings (SSSR count). The summed E-state index contributed by atoms with van der Waals surface area (Å²) in [6.07, 6.45) is 11.3. The molecular formula is C20H26O. The second-order valence-corrected chi connectivity index (χ2v) is 5.72. The van der Waals surface area contributed by atoms with Crippen molar-refractivity contribution in [2.75, 3.05) is 0 Å². The number of Topliss-reactive ketones (excluding diaryl/α,β-unsaturated/α-hetero) is 1. The zero-order valence-electron chi connectivity index (χ0n) is 13.9. The highest BCUT2D eigenvalue weighted by Crippen LogP contribution is 2.27. The molecule has 0 fully saturated rings. The SMILES string of the molecule is C/C=C(C#CCC)\C=C1\C=C(CC(C)C(C)=O)C=C(C)C1. The average molecular weight is 282 g/mol. The molecular weight excluding hydrogens is 256 g/mol. The first kappa shape index (κ1) is 17.2. The van der Waals surface area contributed by atoms with Crippen LogP contribution in [0, 0.1) is 17.8 Å². The van der Waals surface area contributed by atoms with Gasteiger partial charge in [-0.2, -0.15) is 0 Å². The summed E-state index contributed by atoms with van der Waals surface area (Å²) in [6.45, 7) is 9.88. The van der Waals surface area contributed by atoms with Gasteiger partial charge >= 0.3 is 0 Å². The first-order chi connectivity index (χ1) is 9.96. The number of hydrogen-bond acceptors (Lipinski definition) is 1. The number of ketones is 1. The van der Waals surface area contributed by atoms with Crippen LogP contribution in [0.5, 0.6) is 0 Å². The third kappa shape index (κ3) is 6.00. The molecule has 0 aliphatic heterocycles. The number of allylic oxidation sites excluding steroid dienone is 8. The molecule has 0 N–H and O–H groups in total. The number of hydrogen-bond donors (Lipinski definition) is 0. The van der Waals surface area contributed by atoms with Gasteiger partial charge in [0.15, 0.2) is 0 Å². The molecule has 0 saturated carbocycles. The summed E-state index contributed by atoms with van der Waals surface area (Å²) in [6, 6.07) is 0. The topological polar surface area (TPSA) is 17.1 Å². The fourth-order valence-corrected chi connectivity index (χ4v) is 2.31. The molecule has 1 aliphatic carbocycles. The fraction of sp³-hybridized carbons (Fsp3) is 0.450. The minimum absolute atomic E-state index is 0.0840. The van der Waals surface area contributed by atoms with E-state index in [4.69, 9.17) is 0 Å². The van der Waals surface area contributed by atoms with Gasteiger partial charge in [0.05, 0.1) is 0 Å². The van der Waals surface area contributed by atoms with E-state index in [0.29, 0.717) is 0 Å². The summed E-state index contributed by atoms with van der Waals surface area (Å²) in [4.78, 5) is 11.4. The van der Waals surface area contributed by atoms with Gasteiger partial charge in [0.25, 0.3) is 0 Å². The van der Waals surface area contributed by atoms with Crippen molar-refractivity contribution in [3.05, 3.63) is 46.6 Å². The van der Waals surface area contributed by atoms with Gasteiger partial charge < -0.3 is 0 Å². The Hall–Kier alpha value is -1.81. The van der Waals surface area contributed by atoms with E-state index in [1.807, 2.05) is 13.8 Å². The highest BCUT2D eigenvalue weighted by Gasteiger charge is 2.13. The summed E-state index contributed by atoms with van der Waals surface area (Å²) < 4.78 is 0. The second kappa shape index (κ2) is 8.47. The van der Waals surface area contributed by atoms with Crippen LogP contribution in [0.2, 0.25) is 0 Å². The van der Waals surface area contributed by atoms with Crippen LogP contribution in [-0.4, -0.2) is 5.78 Å². The van der Waals surface area contributed by atoms with Gasteiger partial charge in [-0.15, -0.1) is 0 Å². The molecule has 0 amide bonds. The molecule has 1 atom stereocenters. The number of carbonyl (C=O) groups excluding carboxylic acids is 1. The molecule has 0 aromatic rings. The molecule has 1 unspecified atom stereocenters. The predicted octanol–water partition coefficient (Wildman–Crippen LogP) is 5.16. The molecule has 112 valence electrons. The van der Waals surface area contributed by atoms with E-state index in [2.05, 4.69) is 50.0 Å². The van der Waals surface area contributed by atoms with Crippen molar-refractivity contribution in [1.82, 2.24) is 0 Å². The molecule has 1 nitrogen and oxygen atoms in total. The lowest BCUT2D eigenvalue weighted by atomic mass is 9.89. The minimum Gasteiger partial charge on any atom is -0.300 e. The lowest BCUT2D eigenvalue weighted by Crippen LogP contribution is -2.08. The highest BCUT2D eigenvalue weighted by molar-refractivity contribution is 5.78. The zero-order chi connectivity index (χ0) is 15.8. The van der Waals surface area contributed by atoms with Crippen LogP contribution < -0.4 is 0 Å². The van der Waals surface area contributed by atoms with Crippen molar-refractivity contribution >= 4 is 5.78 Å². The molecule has 0 heterocycles. The van der Waals surface area contributed by atoms with Crippen LogP contribution in [0.3, 0.4) is 0 Å². The number of carbonyl (C=O) groups is 1. The van der Waals surface area contributed by atoms with Gasteiger partial charge in [-0.1, -0.05) is 49.5 Å². The molecule has 1 heteroatoms. The fourth-order valence-electron chi connectivity index (χ4n) is 2.31. The van der Waals surface area contributed by atoms with Crippen molar-refractivity contribution in [2.45, 2.75) is 53.9 Å². The third-order valence-electron chi connectivity index (χ3n) is 3.58. The molecule has 0 aromatic heterocycles. The van der Waals surface area contributed by atoms with E-state index in [1.54, 1.807) is 6.92 Å². The van der Waals surface area contributed by atoms with Crippen molar-refractivity contribution in [3.63, 3.8) is 0 Å². The van der Waals surface area contributed by atoms with Crippen LogP contribution in [0.1, 0.15) is 53.9 Å². The maximum atomic E-state index is 11.4. The molecule has 0 saturated heterocycles. The summed E-state index contributed by atoms with van der Waals surface area (Å²) in [7, 11) is 0. The van der Waals surface area contributed by atoms with E-state index < -0.39 is 0 Å². The van der Waals surface area contributed by atoms with Gasteiger partial charge in [-0.3, -0.25) is 4.79 Å². The van der Waals surface area contributed by atoms with Crippen molar-refractivity contribution in [3.8, 4) is 11.8 Å². The van der Waals surface area contributed by atoms with Crippen LogP contribution in [-0.2, 0) is 4.79 Å². The Labute approximate surface area is 129 Å². The Morgan fingerprint density at radius 2 is 2.14 bits per heavy atom. The van der Waals surface area contributed by atoms with Gasteiger partial charge in [-0.25, -0.2) is 0 Å². The lowest BCUT2D eigenvalue weighted by Gasteiger charge is -2.16. The second-order valence-electron chi connectivity index (χ2n) is 5.72. The van der Waals surface area contributed by atoms with Crippen molar-refractivity contribution in [1.29, 1.82) is 0 Å². The van der Waals surface area contributed by atoms with Crippen molar-refractivity contribution < 1.29 is 4.79 Å². The Bertz CT molecular complexity index is 571. The average Bonchev–Trinajstić information content (AvgIpc) is 2.42. The summed E-state index contributed by atoms with van der Waals surface area (Å²) in [5, 5.41) is 0. The Morgan fingerprint density at radius 1 is 1.43 bits per heavy atom. The van der Waals surface area contributed by atoms with Crippen LogP contribution >= 0.6 is 0 Å². The summed E-state index contributed by atoms with van der Waals surface area (Å²) in [5.74, 6) is 6.64. The van der Waals surface area contributed by atoms with Crippen LogP contribution in [0.25, 0.3) is 0 Å².